The van der Waals surface area contributed by atoms with Crippen molar-refractivity contribution < 1.29 is 27.8 Å². The summed E-state index contributed by atoms with van der Waals surface area (Å²) >= 11 is 3.23. The zero-order valence-electron chi connectivity index (χ0n) is 13.2. The van der Waals surface area contributed by atoms with Crippen molar-refractivity contribution in [2.75, 3.05) is 0 Å². The molecule has 0 bridgehead atoms. The van der Waals surface area contributed by atoms with E-state index in [4.69, 9.17) is 4.74 Å². The second-order valence-electron chi connectivity index (χ2n) is 4.97. The molecule has 0 saturated heterocycles. The van der Waals surface area contributed by atoms with Crippen molar-refractivity contribution in [3.63, 3.8) is 0 Å². The lowest BCUT2D eigenvalue weighted by Crippen LogP contribution is -2.31. The molecule has 0 saturated carbocycles. The second-order valence-corrected chi connectivity index (χ2v) is 7.54. The molecule has 2 aromatic carbocycles. The first kappa shape index (κ1) is 20.3. The molecule has 0 aliphatic carbocycles. The van der Waals surface area contributed by atoms with Crippen molar-refractivity contribution in [2.24, 2.45) is 0 Å². The third-order valence-corrected chi connectivity index (χ3v) is 5.03. The quantitative estimate of drug-likeness (QED) is 0.509. The van der Waals surface area contributed by atoms with Gasteiger partial charge in [0.1, 0.15) is 6.61 Å². The van der Waals surface area contributed by atoms with E-state index in [0.717, 1.165) is 10.5 Å². The van der Waals surface area contributed by atoms with Gasteiger partial charge in [0.25, 0.3) is 21.4 Å². The summed E-state index contributed by atoms with van der Waals surface area (Å²) in [5, 5.41) is 21.7. The Labute approximate surface area is 160 Å². The number of nitro benzene ring substituents is 2. The molecule has 0 aliphatic heterocycles. The number of benzene rings is 2. The van der Waals surface area contributed by atoms with E-state index in [0.29, 0.717) is 17.7 Å². The van der Waals surface area contributed by atoms with Crippen molar-refractivity contribution in [3.8, 4) is 0 Å². The van der Waals surface area contributed by atoms with Gasteiger partial charge in [-0.3, -0.25) is 20.2 Å². The fraction of sp³-hybridized carbons (Fsp3) is 0.0714. The van der Waals surface area contributed by atoms with Crippen LogP contribution in [0.3, 0.4) is 0 Å². The van der Waals surface area contributed by atoms with Crippen LogP contribution in [-0.4, -0.2) is 24.4 Å². The lowest BCUT2D eigenvalue weighted by atomic mass is 10.2. The van der Waals surface area contributed by atoms with E-state index in [1.54, 1.807) is 24.3 Å². The standard InChI is InChI=1S/C14H10BrN3O8S/c15-10-3-1-9(2-4-10)8-26-14(19)16-27(24,25)13-6-5-11(17(20)21)7-12(13)18(22)23/h1-7H,8H2,(H,16,19). The number of nitro groups is 2. The van der Waals surface area contributed by atoms with Gasteiger partial charge in [0, 0.05) is 10.5 Å². The number of amides is 1. The molecule has 1 amide bonds. The third-order valence-electron chi connectivity index (χ3n) is 3.14. The van der Waals surface area contributed by atoms with Crippen LogP contribution in [0.4, 0.5) is 16.2 Å². The molecule has 0 aliphatic rings. The Morgan fingerprint density at radius 1 is 1.07 bits per heavy atom. The van der Waals surface area contributed by atoms with E-state index in [1.165, 1.54) is 4.72 Å². The van der Waals surface area contributed by atoms with Gasteiger partial charge in [-0.1, -0.05) is 28.1 Å². The summed E-state index contributed by atoms with van der Waals surface area (Å²) in [6.07, 6.45) is -1.36. The summed E-state index contributed by atoms with van der Waals surface area (Å²) in [6.45, 7) is -0.239. The summed E-state index contributed by atoms with van der Waals surface area (Å²) < 4.78 is 31.5. The van der Waals surface area contributed by atoms with Crippen LogP contribution < -0.4 is 4.72 Å². The topological polar surface area (TPSA) is 159 Å². The highest BCUT2D eigenvalue weighted by molar-refractivity contribution is 9.10. The van der Waals surface area contributed by atoms with Gasteiger partial charge in [-0.25, -0.2) is 17.9 Å². The molecule has 2 rings (SSSR count). The average Bonchev–Trinajstić information content (AvgIpc) is 2.60. The fourth-order valence-electron chi connectivity index (χ4n) is 1.91. The molecule has 1 N–H and O–H groups in total. The number of sulfonamides is 1. The highest BCUT2D eigenvalue weighted by Crippen LogP contribution is 2.28. The van der Waals surface area contributed by atoms with Gasteiger partial charge in [-0.15, -0.1) is 0 Å². The van der Waals surface area contributed by atoms with Crippen LogP contribution in [0.5, 0.6) is 0 Å². The van der Waals surface area contributed by atoms with E-state index in [9.17, 15) is 33.4 Å². The molecule has 0 unspecified atom stereocenters. The van der Waals surface area contributed by atoms with Gasteiger partial charge in [-0.05, 0) is 23.8 Å². The molecule has 13 heteroatoms. The highest BCUT2D eigenvalue weighted by Gasteiger charge is 2.30. The Balaban J connectivity index is 2.17. The lowest BCUT2D eigenvalue weighted by Gasteiger charge is -2.08. The number of nitrogens with one attached hydrogen (secondary N) is 1. The number of nitrogens with zero attached hydrogens (tertiary/aromatic N) is 2. The zero-order chi connectivity index (χ0) is 20.2. The van der Waals surface area contributed by atoms with Gasteiger partial charge in [-0.2, -0.15) is 0 Å². The molecular formula is C14H10BrN3O8S. The van der Waals surface area contributed by atoms with E-state index >= 15 is 0 Å². The Bertz CT molecular complexity index is 1010. The van der Waals surface area contributed by atoms with Gasteiger partial charge in [0.05, 0.1) is 15.9 Å². The number of ether oxygens (including phenoxy) is 1. The fourth-order valence-corrected chi connectivity index (χ4v) is 3.22. The van der Waals surface area contributed by atoms with Crippen LogP contribution in [-0.2, 0) is 21.4 Å². The normalized spacial score (nSPS) is 10.9. The second kappa shape index (κ2) is 8.09. The SMILES string of the molecule is O=C(NS(=O)(=O)c1ccc([N+](=O)[O-])cc1[N+](=O)[O-])OCc1ccc(Br)cc1. The van der Waals surface area contributed by atoms with Crippen LogP contribution in [0.1, 0.15) is 5.56 Å². The number of hydrogen-bond donors (Lipinski definition) is 1. The van der Waals surface area contributed by atoms with Crippen molar-refractivity contribution in [1.82, 2.24) is 4.72 Å². The van der Waals surface area contributed by atoms with Crippen LogP contribution in [0.25, 0.3) is 0 Å². The molecule has 2 aromatic rings. The zero-order valence-corrected chi connectivity index (χ0v) is 15.6. The summed E-state index contributed by atoms with van der Waals surface area (Å²) in [5.41, 5.74) is -1.14. The predicted molar refractivity (Wildman–Crippen MR) is 94.4 cm³/mol. The van der Waals surface area contributed by atoms with E-state index < -0.39 is 42.2 Å². The third kappa shape index (κ3) is 5.21. The lowest BCUT2D eigenvalue weighted by molar-refractivity contribution is -0.396. The van der Waals surface area contributed by atoms with Gasteiger partial charge in [0.2, 0.25) is 0 Å². The molecule has 11 nitrogen and oxygen atoms in total. The predicted octanol–water partition coefficient (Wildman–Crippen LogP) is 2.88. The number of carbonyl (C=O) groups excluding carboxylic acids is 1. The number of hydrogen-bond acceptors (Lipinski definition) is 8. The van der Waals surface area contributed by atoms with Crippen molar-refractivity contribution in [2.45, 2.75) is 11.5 Å². The maximum Gasteiger partial charge on any atom is 0.421 e. The molecule has 142 valence electrons. The molecule has 0 fully saturated rings. The molecule has 0 atom stereocenters. The van der Waals surface area contributed by atoms with Gasteiger partial charge >= 0.3 is 6.09 Å². The number of rotatable bonds is 6. The minimum absolute atomic E-state index is 0.239. The van der Waals surface area contributed by atoms with Crippen molar-refractivity contribution in [3.05, 3.63) is 72.7 Å². The Morgan fingerprint density at radius 2 is 1.70 bits per heavy atom. The highest BCUT2D eigenvalue weighted by atomic mass is 79.9. The number of carbonyl (C=O) groups is 1. The molecule has 0 heterocycles. The monoisotopic (exact) mass is 459 g/mol. The van der Waals surface area contributed by atoms with E-state index in [1.807, 2.05) is 0 Å². The number of halogens is 1. The smallest absolute Gasteiger partial charge is 0.421 e. The van der Waals surface area contributed by atoms with Crippen molar-refractivity contribution >= 4 is 43.4 Å². The minimum Gasteiger partial charge on any atom is -0.444 e. The van der Waals surface area contributed by atoms with E-state index in [2.05, 4.69) is 15.9 Å². The molecule has 0 radical (unpaired) electrons. The summed E-state index contributed by atoms with van der Waals surface area (Å²) in [7, 11) is -4.69. The van der Waals surface area contributed by atoms with Crippen molar-refractivity contribution in [1.29, 1.82) is 0 Å². The first-order chi connectivity index (χ1) is 12.6. The van der Waals surface area contributed by atoms with Crippen LogP contribution in [0, 0.1) is 20.2 Å². The summed E-state index contributed by atoms with van der Waals surface area (Å²) in [4.78, 5) is 30.5. The summed E-state index contributed by atoms with van der Waals surface area (Å²) in [5.74, 6) is 0. The minimum atomic E-state index is -4.69. The molecular weight excluding hydrogens is 450 g/mol. The average molecular weight is 460 g/mol. The number of non-ortho nitro benzene ring substituents is 1. The van der Waals surface area contributed by atoms with Crippen LogP contribution in [0.2, 0.25) is 0 Å². The maximum atomic E-state index is 12.2. The molecule has 0 aromatic heterocycles. The van der Waals surface area contributed by atoms with Gasteiger partial charge in [0.15, 0.2) is 4.90 Å². The van der Waals surface area contributed by atoms with Gasteiger partial charge < -0.3 is 4.74 Å². The molecule has 0 spiro atoms. The van der Waals surface area contributed by atoms with Crippen LogP contribution in [0.15, 0.2) is 51.8 Å². The van der Waals surface area contributed by atoms with E-state index in [-0.39, 0.29) is 6.61 Å². The largest absolute Gasteiger partial charge is 0.444 e. The summed E-state index contributed by atoms with van der Waals surface area (Å²) in [6, 6.07) is 8.57. The maximum absolute atomic E-state index is 12.2. The Morgan fingerprint density at radius 3 is 2.26 bits per heavy atom. The Kier molecular flexibility index (Phi) is 6.07. The Hall–Kier alpha value is -3.06. The first-order valence-electron chi connectivity index (χ1n) is 6.97. The first-order valence-corrected chi connectivity index (χ1v) is 9.24. The van der Waals surface area contributed by atoms with Crippen LogP contribution >= 0.6 is 15.9 Å². The molecule has 27 heavy (non-hydrogen) atoms.